The molecule has 0 fully saturated rings. The van der Waals surface area contributed by atoms with Crippen LogP contribution in [0.15, 0.2) is 77.8 Å². The Kier molecular flexibility index (Phi) is 5.81. The van der Waals surface area contributed by atoms with E-state index < -0.39 is 34.5 Å². The molecule has 0 saturated carbocycles. The number of benzodiazepines with no additional fused rings is 1. The highest BCUT2D eigenvalue weighted by molar-refractivity contribution is 6.20. The molecule has 0 unspecified atom stereocenters. The van der Waals surface area contributed by atoms with Crippen molar-refractivity contribution in [3.05, 3.63) is 99.9 Å². The van der Waals surface area contributed by atoms with E-state index in [0.29, 0.717) is 11.4 Å². The lowest BCUT2D eigenvalue weighted by atomic mass is 10.0. The SMILES string of the molecule is CN1C(=O)[C@@H](NC(=O)Nc2ccc(F)c([N+](=O)[O-])c2)N=C(c2ccccc2)c2ccccc21. The van der Waals surface area contributed by atoms with Gasteiger partial charge in [-0.05, 0) is 18.2 Å². The van der Waals surface area contributed by atoms with E-state index in [1.165, 1.54) is 11.0 Å². The van der Waals surface area contributed by atoms with Crippen molar-refractivity contribution < 1.29 is 18.9 Å². The number of para-hydroxylation sites is 1. The number of carbonyl (C=O) groups excluding carboxylic acids is 2. The maximum absolute atomic E-state index is 13.6. The zero-order valence-corrected chi connectivity index (χ0v) is 17.4. The maximum atomic E-state index is 13.6. The van der Waals surface area contributed by atoms with Crippen molar-refractivity contribution in [2.75, 3.05) is 17.3 Å². The first kappa shape index (κ1) is 21.6. The number of fused-ring (bicyclic) bond motifs is 1. The van der Waals surface area contributed by atoms with E-state index in [4.69, 9.17) is 0 Å². The van der Waals surface area contributed by atoms with E-state index in [1.807, 2.05) is 42.5 Å². The first-order valence-electron chi connectivity index (χ1n) is 9.87. The average molecular weight is 447 g/mol. The van der Waals surface area contributed by atoms with Crippen LogP contribution >= 0.6 is 0 Å². The summed E-state index contributed by atoms with van der Waals surface area (Å²) in [7, 11) is 1.58. The van der Waals surface area contributed by atoms with Crippen molar-refractivity contribution in [1.82, 2.24) is 5.32 Å². The number of aliphatic imine (C=N–C) groups is 1. The Labute approximate surface area is 187 Å². The number of anilines is 2. The third-order valence-electron chi connectivity index (χ3n) is 5.06. The van der Waals surface area contributed by atoms with Crippen molar-refractivity contribution in [3.63, 3.8) is 0 Å². The Morgan fingerprint density at radius 1 is 1.09 bits per heavy atom. The Bertz CT molecular complexity index is 1280. The molecule has 2 N–H and O–H groups in total. The molecular weight excluding hydrogens is 429 g/mol. The van der Waals surface area contributed by atoms with Gasteiger partial charge in [0, 0.05) is 29.9 Å². The molecule has 1 aliphatic rings. The summed E-state index contributed by atoms with van der Waals surface area (Å²) in [4.78, 5) is 41.7. The van der Waals surface area contributed by atoms with E-state index in [9.17, 15) is 24.1 Å². The van der Waals surface area contributed by atoms with Gasteiger partial charge in [-0.15, -0.1) is 0 Å². The van der Waals surface area contributed by atoms with Crippen molar-refractivity contribution in [2.45, 2.75) is 6.17 Å². The summed E-state index contributed by atoms with van der Waals surface area (Å²) in [5.74, 6) is -1.50. The van der Waals surface area contributed by atoms with Gasteiger partial charge < -0.3 is 15.5 Å². The van der Waals surface area contributed by atoms with Gasteiger partial charge in [0.2, 0.25) is 12.0 Å². The highest BCUT2D eigenvalue weighted by atomic mass is 19.1. The number of nitro groups is 1. The number of hydrogen-bond acceptors (Lipinski definition) is 5. The van der Waals surface area contributed by atoms with Crippen molar-refractivity contribution in [2.24, 2.45) is 4.99 Å². The second kappa shape index (κ2) is 8.87. The molecule has 0 radical (unpaired) electrons. The third-order valence-corrected chi connectivity index (χ3v) is 5.06. The Hall–Kier alpha value is -4.60. The van der Waals surface area contributed by atoms with Gasteiger partial charge in [0.05, 0.1) is 16.3 Å². The fourth-order valence-corrected chi connectivity index (χ4v) is 3.46. The second-order valence-electron chi connectivity index (χ2n) is 7.18. The zero-order valence-electron chi connectivity index (χ0n) is 17.4. The molecule has 0 saturated heterocycles. The number of likely N-dealkylation sites (N-methyl/N-ethyl adjacent to an activating group) is 1. The first-order chi connectivity index (χ1) is 15.8. The van der Waals surface area contributed by atoms with Crippen LogP contribution in [0.2, 0.25) is 0 Å². The highest BCUT2D eigenvalue weighted by Gasteiger charge is 2.31. The van der Waals surface area contributed by atoms with E-state index in [-0.39, 0.29) is 5.69 Å². The van der Waals surface area contributed by atoms with Crippen LogP contribution in [0.25, 0.3) is 0 Å². The number of halogens is 1. The van der Waals surface area contributed by atoms with E-state index >= 15 is 0 Å². The molecule has 166 valence electrons. The number of nitrogens with zero attached hydrogens (tertiary/aromatic N) is 3. The van der Waals surface area contributed by atoms with Crippen LogP contribution in [0.5, 0.6) is 0 Å². The summed E-state index contributed by atoms with van der Waals surface area (Å²) in [6, 6.07) is 18.6. The number of rotatable bonds is 4. The van der Waals surface area contributed by atoms with Gasteiger partial charge in [-0.2, -0.15) is 4.39 Å². The summed E-state index contributed by atoms with van der Waals surface area (Å²) in [6.45, 7) is 0. The minimum Gasteiger partial charge on any atom is -0.311 e. The predicted molar refractivity (Wildman–Crippen MR) is 121 cm³/mol. The summed E-state index contributed by atoms with van der Waals surface area (Å²) < 4.78 is 13.6. The predicted octanol–water partition coefficient (Wildman–Crippen LogP) is 3.70. The summed E-state index contributed by atoms with van der Waals surface area (Å²) >= 11 is 0. The van der Waals surface area contributed by atoms with Crippen molar-refractivity contribution in [1.29, 1.82) is 0 Å². The smallest absolute Gasteiger partial charge is 0.311 e. The van der Waals surface area contributed by atoms with Gasteiger partial charge in [0.15, 0.2) is 0 Å². The summed E-state index contributed by atoms with van der Waals surface area (Å²) in [5.41, 5.74) is 1.84. The Morgan fingerprint density at radius 3 is 2.52 bits per heavy atom. The second-order valence-corrected chi connectivity index (χ2v) is 7.18. The number of carbonyl (C=O) groups is 2. The molecular formula is C23H18FN5O4. The van der Waals surface area contributed by atoms with Crippen LogP contribution in [-0.2, 0) is 4.79 Å². The number of nitro benzene ring substituents is 1. The molecule has 9 nitrogen and oxygen atoms in total. The van der Waals surface area contributed by atoms with E-state index in [0.717, 1.165) is 23.3 Å². The van der Waals surface area contributed by atoms with Gasteiger partial charge in [0.25, 0.3) is 5.91 Å². The van der Waals surface area contributed by atoms with Crippen molar-refractivity contribution in [3.8, 4) is 0 Å². The number of nitrogens with one attached hydrogen (secondary N) is 2. The molecule has 10 heteroatoms. The molecule has 0 aliphatic carbocycles. The van der Waals surface area contributed by atoms with E-state index in [2.05, 4.69) is 15.6 Å². The molecule has 0 aromatic heterocycles. The quantitative estimate of drug-likeness (QED) is 0.468. The topological polar surface area (TPSA) is 117 Å². The van der Waals surface area contributed by atoms with Gasteiger partial charge >= 0.3 is 11.7 Å². The number of hydrogen-bond donors (Lipinski definition) is 2. The van der Waals surface area contributed by atoms with Crippen LogP contribution < -0.4 is 15.5 Å². The van der Waals surface area contributed by atoms with Crippen LogP contribution in [0.1, 0.15) is 11.1 Å². The van der Waals surface area contributed by atoms with Crippen LogP contribution in [0.3, 0.4) is 0 Å². The molecule has 1 aliphatic heterocycles. The lowest BCUT2D eigenvalue weighted by molar-refractivity contribution is -0.387. The molecule has 4 rings (SSSR count). The molecule has 3 amide bonds. The van der Waals surface area contributed by atoms with Gasteiger partial charge in [-0.1, -0.05) is 48.5 Å². The maximum Gasteiger partial charge on any atom is 0.321 e. The molecule has 1 atom stereocenters. The minimum absolute atomic E-state index is 0.00873. The van der Waals surface area contributed by atoms with Gasteiger partial charge in [0.1, 0.15) is 0 Å². The molecule has 0 bridgehead atoms. The fourth-order valence-electron chi connectivity index (χ4n) is 3.46. The number of urea groups is 1. The number of amides is 3. The molecule has 1 heterocycles. The van der Waals surface area contributed by atoms with Crippen LogP contribution in [-0.4, -0.2) is 35.8 Å². The van der Waals surface area contributed by atoms with Crippen LogP contribution in [0.4, 0.5) is 26.2 Å². The molecule has 3 aromatic rings. The fraction of sp³-hybridized carbons (Fsp3) is 0.0870. The molecule has 33 heavy (non-hydrogen) atoms. The molecule has 3 aromatic carbocycles. The molecule has 0 spiro atoms. The third kappa shape index (κ3) is 4.40. The minimum atomic E-state index is -1.27. The largest absolute Gasteiger partial charge is 0.321 e. The zero-order chi connectivity index (χ0) is 23.5. The van der Waals surface area contributed by atoms with Crippen LogP contribution in [0, 0.1) is 15.9 Å². The highest BCUT2D eigenvalue weighted by Crippen LogP contribution is 2.27. The normalized spacial score (nSPS) is 15.2. The average Bonchev–Trinajstić information content (AvgIpc) is 2.91. The lowest BCUT2D eigenvalue weighted by Crippen LogP contribution is -2.47. The monoisotopic (exact) mass is 447 g/mol. The van der Waals surface area contributed by atoms with Crippen molar-refractivity contribution >= 4 is 34.7 Å². The Balaban J connectivity index is 1.66. The van der Waals surface area contributed by atoms with E-state index in [1.54, 1.807) is 19.2 Å². The Morgan fingerprint density at radius 2 is 1.79 bits per heavy atom. The number of benzene rings is 3. The summed E-state index contributed by atoms with van der Waals surface area (Å²) in [6.07, 6.45) is -1.27. The standard InChI is InChI=1S/C23H18FN5O4/c1-28-18-10-6-5-9-16(18)20(14-7-3-2-4-8-14)26-21(22(28)30)27-23(31)25-15-11-12-17(24)19(13-15)29(32)33/h2-13,21H,1H3,(H2,25,27,31)/t21-/m1/s1. The first-order valence-corrected chi connectivity index (χ1v) is 9.87. The summed E-state index contributed by atoms with van der Waals surface area (Å²) in [5, 5.41) is 15.8. The van der Waals surface area contributed by atoms with Gasteiger partial charge in [-0.25, -0.2) is 9.79 Å². The van der Waals surface area contributed by atoms with Gasteiger partial charge in [-0.3, -0.25) is 14.9 Å². The lowest BCUT2D eigenvalue weighted by Gasteiger charge is -2.21.